The van der Waals surface area contributed by atoms with E-state index in [-0.39, 0.29) is 18.7 Å². The van der Waals surface area contributed by atoms with E-state index in [0.717, 1.165) is 21.9 Å². The molecule has 0 aliphatic heterocycles. The Morgan fingerprint density at radius 1 is 0.767 bits per heavy atom. The Balaban J connectivity index is 1.74. The first-order chi connectivity index (χ1) is 14.4. The molecule has 3 aromatic rings. The highest BCUT2D eigenvalue weighted by atomic mass is 16.4. The van der Waals surface area contributed by atoms with E-state index in [1.165, 1.54) is 6.92 Å². The van der Waals surface area contributed by atoms with Gasteiger partial charge in [0.25, 0.3) is 0 Å². The smallest absolute Gasteiger partial charge is 0.326 e. The van der Waals surface area contributed by atoms with Crippen molar-refractivity contribution in [3.8, 4) is 0 Å². The first kappa shape index (κ1) is 21.0. The van der Waals surface area contributed by atoms with Crippen molar-refractivity contribution in [3.63, 3.8) is 0 Å². The monoisotopic (exact) mass is 404 g/mol. The lowest BCUT2D eigenvalue weighted by atomic mass is 10.0. The summed E-state index contributed by atoms with van der Waals surface area (Å²) in [7, 11) is 0. The number of hydrogen-bond donors (Lipinski definition) is 3. The lowest BCUT2D eigenvalue weighted by Gasteiger charge is -2.21. The van der Waals surface area contributed by atoms with Crippen LogP contribution in [0.2, 0.25) is 0 Å². The second-order valence-electron chi connectivity index (χ2n) is 7.23. The zero-order chi connectivity index (χ0) is 21.5. The first-order valence-electron chi connectivity index (χ1n) is 9.74. The molecule has 0 heterocycles. The van der Waals surface area contributed by atoms with Crippen LogP contribution in [0.5, 0.6) is 0 Å². The van der Waals surface area contributed by atoms with E-state index in [4.69, 9.17) is 0 Å². The molecule has 0 fully saturated rings. The summed E-state index contributed by atoms with van der Waals surface area (Å²) in [6.07, 6.45) is 0.415. The number of aliphatic carboxylic acids is 1. The number of carboxylic acid groups (broad SMARTS) is 1. The second-order valence-corrected chi connectivity index (χ2v) is 7.23. The standard InChI is InChI=1S/C24H24N2O4/c1-16(27)25-21(14-17-7-3-2-4-8-17)23(28)26-22(24(29)30)15-18-11-12-19-9-5-6-10-20(19)13-18/h2-13,21-22H,14-15H2,1H3,(H,25,27)(H,26,28)(H,29,30)/t21-,22-/m0/s1. The number of carboxylic acids is 1. The van der Waals surface area contributed by atoms with Gasteiger partial charge in [0.05, 0.1) is 0 Å². The van der Waals surface area contributed by atoms with Crippen molar-refractivity contribution < 1.29 is 19.5 Å². The van der Waals surface area contributed by atoms with Gasteiger partial charge < -0.3 is 15.7 Å². The van der Waals surface area contributed by atoms with Crippen molar-refractivity contribution in [1.29, 1.82) is 0 Å². The van der Waals surface area contributed by atoms with Gasteiger partial charge in [-0.2, -0.15) is 0 Å². The molecule has 0 unspecified atom stereocenters. The van der Waals surface area contributed by atoms with Crippen LogP contribution in [-0.4, -0.2) is 35.0 Å². The van der Waals surface area contributed by atoms with Crippen LogP contribution in [0, 0.1) is 0 Å². The summed E-state index contributed by atoms with van der Waals surface area (Å²) >= 11 is 0. The summed E-state index contributed by atoms with van der Waals surface area (Å²) in [5.74, 6) is -2.01. The molecule has 30 heavy (non-hydrogen) atoms. The minimum absolute atomic E-state index is 0.143. The number of rotatable bonds is 8. The maximum Gasteiger partial charge on any atom is 0.326 e. The number of fused-ring (bicyclic) bond motifs is 1. The molecule has 3 aromatic carbocycles. The van der Waals surface area contributed by atoms with Crippen LogP contribution in [0.3, 0.4) is 0 Å². The summed E-state index contributed by atoms with van der Waals surface area (Å²) in [5.41, 5.74) is 1.67. The topological polar surface area (TPSA) is 95.5 Å². The van der Waals surface area contributed by atoms with Crippen LogP contribution >= 0.6 is 0 Å². The van der Waals surface area contributed by atoms with Gasteiger partial charge in [-0.3, -0.25) is 9.59 Å². The van der Waals surface area contributed by atoms with Crippen molar-refractivity contribution in [2.45, 2.75) is 31.8 Å². The highest BCUT2D eigenvalue weighted by Crippen LogP contribution is 2.17. The maximum atomic E-state index is 12.8. The number of nitrogens with one attached hydrogen (secondary N) is 2. The van der Waals surface area contributed by atoms with Gasteiger partial charge in [0.1, 0.15) is 12.1 Å². The molecule has 0 aliphatic rings. The van der Waals surface area contributed by atoms with E-state index in [9.17, 15) is 19.5 Å². The van der Waals surface area contributed by atoms with Crippen LogP contribution in [0.25, 0.3) is 10.8 Å². The molecule has 0 radical (unpaired) electrons. The van der Waals surface area contributed by atoms with Crippen molar-refractivity contribution in [2.75, 3.05) is 0 Å². The predicted octanol–water partition coefficient (Wildman–Crippen LogP) is 2.70. The van der Waals surface area contributed by atoms with E-state index in [1.807, 2.05) is 72.8 Å². The third-order valence-corrected chi connectivity index (χ3v) is 4.84. The number of hydrogen-bond acceptors (Lipinski definition) is 3. The minimum atomic E-state index is -1.13. The lowest BCUT2D eigenvalue weighted by molar-refractivity contribution is -0.142. The molecule has 0 aliphatic carbocycles. The van der Waals surface area contributed by atoms with E-state index < -0.39 is 24.0 Å². The summed E-state index contributed by atoms with van der Waals surface area (Å²) < 4.78 is 0. The van der Waals surface area contributed by atoms with E-state index in [1.54, 1.807) is 0 Å². The maximum absolute atomic E-state index is 12.8. The number of amides is 2. The van der Waals surface area contributed by atoms with Gasteiger partial charge in [-0.1, -0.05) is 72.8 Å². The summed E-state index contributed by atoms with van der Waals surface area (Å²) in [6.45, 7) is 1.33. The molecule has 3 rings (SSSR count). The van der Waals surface area contributed by atoms with Crippen molar-refractivity contribution in [2.24, 2.45) is 0 Å². The molecule has 6 nitrogen and oxygen atoms in total. The molecule has 2 atom stereocenters. The molecule has 2 amide bonds. The van der Waals surface area contributed by atoms with Crippen LogP contribution < -0.4 is 10.6 Å². The average molecular weight is 404 g/mol. The SMILES string of the molecule is CC(=O)N[C@@H](Cc1ccccc1)C(=O)N[C@@H](Cc1ccc2ccccc2c1)C(=O)O. The molecule has 3 N–H and O–H groups in total. The molecule has 0 spiro atoms. The number of carbonyl (C=O) groups excluding carboxylic acids is 2. The summed E-state index contributed by atoms with van der Waals surface area (Å²) in [5, 5.41) is 16.9. The fourth-order valence-electron chi connectivity index (χ4n) is 3.38. The Bertz CT molecular complexity index is 1050. The number of carbonyl (C=O) groups is 3. The van der Waals surface area contributed by atoms with Gasteiger partial charge in [0.2, 0.25) is 11.8 Å². The third-order valence-electron chi connectivity index (χ3n) is 4.84. The Morgan fingerprint density at radius 3 is 2.07 bits per heavy atom. The van der Waals surface area contributed by atoms with E-state index >= 15 is 0 Å². The molecule has 0 saturated carbocycles. The quantitative estimate of drug-likeness (QED) is 0.538. The van der Waals surface area contributed by atoms with Gasteiger partial charge in [-0.15, -0.1) is 0 Å². The molecule has 154 valence electrons. The van der Waals surface area contributed by atoms with E-state index in [0.29, 0.717) is 0 Å². The molecule has 0 aromatic heterocycles. The van der Waals surface area contributed by atoms with Gasteiger partial charge in [0, 0.05) is 19.8 Å². The lowest BCUT2D eigenvalue weighted by Crippen LogP contribution is -2.52. The highest BCUT2D eigenvalue weighted by molar-refractivity contribution is 5.90. The van der Waals surface area contributed by atoms with E-state index in [2.05, 4.69) is 10.6 Å². The first-order valence-corrected chi connectivity index (χ1v) is 9.74. The van der Waals surface area contributed by atoms with Crippen molar-refractivity contribution in [1.82, 2.24) is 10.6 Å². The van der Waals surface area contributed by atoms with Gasteiger partial charge >= 0.3 is 5.97 Å². The van der Waals surface area contributed by atoms with Crippen LogP contribution in [0.1, 0.15) is 18.1 Å². The molecule has 6 heteroatoms. The Hall–Kier alpha value is -3.67. The highest BCUT2D eigenvalue weighted by Gasteiger charge is 2.26. The van der Waals surface area contributed by atoms with Gasteiger partial charge in [-0.05, 0) is 21.9 Å². The Morgan fingerprint density at radius 2 is 1.40 bits per heavy atom. The molecular weight excluding hydrogens is 380 g/mol. The third kappa shape index (κ3) is 5.67. The molecule has 0 bridgehead atoms. The van der Waals surface area contributed by atoms with Crippen molar-refractivity contribution >= 4 is 28.6 Å². The molecular formula is C24H24N2O4. The normalized spacial score (nSPS) is 12.7. The fourth-order valence-corrected chi connectivity index (χ4v) is 3.38. The Labute approximate surface area is 174 Å². The van der Waals surface area contributed by atoms with Gasteiger partial charge in [-0.25, -0.2) is 4.79 Å². The largest absolute Gasteiger partial charge is 0.480 e. The number of benzene rings is 3. The predicted molar refractivity (Wildman–Crippen MR) is 115 cm³/mol. The average Bonchev–Trinajstić information content (AvgIpc) is 2.73. The van der Waals surface area contributed by atoms with Gasteiger partial charge in [0.15, 0.2) is 0 Å². The summed E-state index contributed by atoms with van der Waals surface area (Å²) in [4.78, 5) is 36.2. The minimum Gasteiger partial charge on any atom is -0.480 e. The Kier molecular flexibility index (Phi) is 6.80. The van der Waals surface area contributed by atoms with Crippen LogP contribution in [0.15, 0.2) is 72.8 Å². The summed E-state index contributed by atoms with van der Waals surface area (Å²) in [6, 6.07) is 20.8. The fraction of sp³-hybridized carbons (Fsp3) is 0.208. The zero-order valence-corrected chi connectivity index (χ0v) is 16.7. The second kappa shape index (κ2) is 9.69. The van der Waals surface area contributed by atoms with Crippen molar-refractivity contribution in [3.05, 3.63) is 83.9 Å². The van der Waals surface area contributed by atoms with Crippen LogP contribution in [-0.2, 0) is 27.2 Å². The zero-order valence-electron chi connectivity index (χ0n) is 16.7. The van der Waals surface area contributed by atoms with Crippen LogP contribution in [0.4, 0.5) is 0 Å². The molecule has 0 saturated heterocycles.